The highest BCUT2D eigenvalue weighted by molar-refractivity contribution is 5.82. The summed E-state index contributed by atoms with van der Waals surface area (Å²) in [4.78, 5) is 26.7. The van der Waals surface area contributed by atoms with E-state index >= 15 is 0 Å². The zero-order chi connectivity index (χ0) is 13.3. The van der Waals surface area contributed by atoms with Gasteiger partial charge in [-0.25, -0.2) is 9.59 Å². The summed E-state index contributed by atoms with van der Waals surface area (Å²) < 4.78 is 0. The van der Waals surface area contributed by atoms with Gasteiger partial charge in [-0.1, -0.05) is 6.92 Å². The van der Waals surface area contributed by atoms with Crippen molar-refractivity contribution < 1.29 is 14.7 Å². The maximum absolute atomic E-state index is 12.3. The Morgan fingerprint density at radius 3 is 2.56 bits per heavy atom. The molecule has 0 aromatic heterocycles. The van der Waals surface area contributed by atoms with Gasteiger partial charge in [-0.05, 0) is 37.5 Å². The van der Waals surface area contributed by atoms with Crippen LogP contribution in [0.5, 0.6) is 0 Å². The first-order valence-corrected chi connectivity index (χ1v) is 6.73. The minimum Gasteiger partial charge on any atom is -0.480 e. The molecule has 0 aromatic carbocycles. The van der Waals surface area contributed by atoms with E-state index in [4.69, 9.17) is 0 Å². The molecule has 102 valence electrons. The van der Waals surface area contributed by atoms with Gasteiger partial charge in [0.15, 0.2) is 0 Å². The van der Waals surface area contributed by atoms with E-state index in [0.29, 0.717) is 24.8 Å². The largest absolute Gasteiger partial charge is 0.480 e. The fourth-order valence-electron chi connectivity index (χ4n) is 2.59. The number of carboxylic acids is 1. The number of carbonyl (C=O) groups is 2. The van der Waals surface area contributed by atoms with Crippen molar-refractivity contribution in [2.45, 2.75) is 38.6 Å². The van der Waals surface area contributed by atoms with Crippen LogP contribution in [0.15, 0.2) is 0 Å². The lowest BCUT2D eigenvalue weighted by Gasteiger charge is -2.38. The molecule has 2 atom stereocenters. The summed E-state index contributed by atoms with van der Waals surface area (Å²) in [5, 5.41) is 9.24. The molecule has 0 aromatic rings. The van der Waals surface area contributed by atoms with Crippen molar-refractivity contribution in [2.75, 3.05) is 20.1 Å². The van der Waals surface area contributed by atoms with Crippen LogP contribution in [0, 0.1) is 11.8 Å². The monoisotopic (exact) mass is 254 g/mol. The molecular weight excluding hydrogens is 232 g/mol. The molecule has 0 bridgehead atoms. The van der Waals surface area contributed by atoms with Crippen molar-refractivity contribution in [3.8, 4) is 0 Å². The molecule has 0 spiro atoms. The van der Waals surface area contributed by atoms with E-state index < -0.39 is 12.0 Å². The molecular formula is C13H22N2O3. The topological polar surface area (TPSA) is 60.9 Å². The van der Waals surface area contributed by atoms with E-state index in [2.05, 4.69) is 0 Å². The predicted molar refractivity (Wildman–Crippen MR) is 67.3 cm³/mol. The molecule has 2 unspecified atom stereocenters. The van der Waals surface area contributed by atoms with Gasteiger partial charge in [0.05, 0.1) is 0 Å². The van der Waals surface area contributed by atoms with Crippen molar-refractivity contribution in [3.05, 3.63) is 0 Å². The third kappa shape index (κ3) is 2.94. The van der Waals surface area contributed by atoms with E-state index in [0.717, 1.165) is 13.0 Å². The van der Waals surface area contributed by atoms with Crippen molar-refractivity contribution in [2.24, 2.45) is 11.8 Å². The number of hydrogen-bond donors (Lipinski definition) is 1. The lowest BCUT2D eigenvalue weighted by molar-refractivity contribution is -0.144. The average molecular weight is 254 g/mol. The molecule has 1 heterocycles. The van der Waals surface area contributed by atoms with Crippen LogP contribution in [0.25, 0.3) is 0 Å². The second kappa shape index (κ2) is 5.16. The van der Waals surface area contributed by atoms with Crippen LogP contribution in [0.2, 0.25) is 0 Å². The molecule has 1 aliphatic heterocycles. The summed E-state index contributed by atoms with van der Waals surface area (Å²) in [7, 11) is 1.78. The molecule has 1 N–H and O–H groups in total. The van der Waals surface area contributed by atoms with Crippen molar-refractivity contribution >= 4 is 12.0 Å². The summed E-state index contributed by atoms with van der Waals surface area (Å²) in [6, 6.07) is -0.774. The van der Waals surface area contributed by atoms with E-state index in [-0.39, 0.29) is 6.03 Å². The molecule has 1 saturated heterocycles. The zero-order valence-corrected chi connectivity index (χ0v) is 11.1. The molecule has 2 amide bonds. The molecule has 2 rings (SSSR count). The number of piperidine rings is 1. The number of carbonyl (C=O) groups excluding carboxylic acids is 1. The van der Waals surface area contributed by atoms with Gasteiger partial charge >= 0.3 is 12.0 Å². The van der Waals surface area contributed by atoms with Crippen LogP contribution >= 0.6 is 0 Å². The molecule has 1 aliphatic carbocycles. The first-order valence-electron chi connectivity index (χ1n) is 6.73. The van der Waals surface area contributed by atoms with Crippen molar-refractivity contribution in [3.63, 3.8) is 0 Å². The standard InChI is InChI=1S/C13H22N2O3/c1-9-5-6-15(11(7-9)12(16)17)13(18)14(2)8-10-3-4-10/h9-11H,3-8H2,1-2H3,(H,16,17). The summed E-state index contributed by atoms with van der Waals surface area (Å²) in [5.74, 6) is 0.129. The smallest absolute Gasteiger partial charge is 0.326 e. The quantitative estimate of drug-likeness (QED) is 0.832. The van der Waals surface area contributed by atoms with Gasteiger partial charge in [0.25, 0.3) is 0 Å². The van der Waals surface area contributed by atoms with E-state index in [1.807, 2.05) is 6.92 Å². The number of nitrogens with zero attached hydrogens (tertiary/aromatic N) is 2. The van der Waals surface area contributed by atoms with Gasteiger partial charge in [0.2, 0.25) is 0 Å². The molecule has 1 saturated carbocycles. The lowest BCUT2D eigenvalue weighted by Crippen LogP contribution is -2.53. The second-order valence-corrected chi connectivity index (χ2v) is 5.78. The van der Waals surface area contributed by atoms with E-state index in [1.165, 1.54) is 17.7 Å². The Balaban J connectivity index is 1.99. The van der Waals surface area contributed by atoms with Crippen LogP contribution in [0.1, 0.15) is 32.6 Å². The summed E-state index contributed by atoms with van der Waals surface area (Å²) in [6.45, 7) is 3.37. The molecule has 2 fully saturated rings. The third-order valence-corrected chi connectivity index (χ3v) is 3.95. The highest BCUT2D eigenvalue weighted by atomic mass is 16.4. The predicted octanol–water partition coefficient (Wildman–Crippen LogP) is 1.63. The number of urea groups is 1. The van der Waals surface area contributed by atoms with Gasteiger partial charge in [-0.15, -0.1) is 0 Å². The first-order chi connectivity index (χ1) is 8.49. The number of amides is 2. The minimum atomic E-state index is -0.880. The Hall–Kier alpha value is -1.26. The maximum atomic E-state index is 12.3. The molecule has 18 heavy (non-hydrogen) atoms. The Kier molecular flexibility index (Phi) is 3.78. The minimum absolute atomic E-state index is 0.124. The fourth-order valence-corrected chi connectivity index (χ4v) is 2.59. The summed E-state index contributed by atoms with van der Waals surface area (Å²) in [6.07, 6.45) is 3.85. The Morgan fingerprint density at radius 2 is 2.00 bits per heavy atom. The van der Waals surface area contributed by atoms with Crippen LogP contribution < -0.4 is 0 Å². The third-order valence-electron chi connectivity index (χ3n) is 3.95. The van der Waals surface area contributed by atoms with E-state index in [9.17, 15) is 14.7 Å². The van der Waals surface area contributed by atoms with Gasteiger partial charge in [0, 0.05) is 20.1 Å². The highest BCUT2D eigenvalue weighted by Crippen LogP contribution is 2.30. The Bertz CT molecular complexity index is 341. The molecule has 2 aliphatic rings. The summed E-state index contributed by atoms with van der Waals surface area (Å²) in [5.41, 5.74) is 0. The maximum Gasteiger partial charge on any atom is 0.326 e. The number of rotatable bonds is 3. The van der Waals surface area contributed by atoms with Crippen LogP contribution in [0.3, 0.4) is 0 Å². The fraction of sp³-hybridized carbons (Fsp3) is 0.846. The van der Waals surface area contributed by atoms with Gasteiger partial charge < -0.3 is 14.9 Å². The van der Waals surface area contributed by atoms with Gasteiger partial charge in [0.1, 0.15) is 6.04 Å². The number of likely N-dealkylation sites (tertiary alicyclic amines) is 1. The van der Waals surface area contributed by atoms with Gasteiger partial charge in [-0.2, -0.15) is 0 Å². The first kappa shape index (κ1) is 13.2. The summed E-state index contributed by atoms with van der Waals surface area (Å²) >= 11 is 0. The Morgan fingerprint density at radius 1 is 1.33 bits per heavy atom. The second-order valence-electron chi connectivity index (χ2n) is 5.78. The zero-order valence-electron chi connectivity index (χ0n) is 11.1. The number of hydrogen-bond acceptors (Lipinski definition) is 2. The SMILES string of the molecule is CC1CCN(C(=O)N(C)CC2CC2)C(C(=O)O)C1. The lowest BCUT2D eigenvalue weighted by atomic mass is 9.93. The van der Waals surface area contributed by atoms with E-state index in [1.54, 1.807) is 11.9 Å². The van der Waals surface area contributed by atoms with Gasteiger partial charge in [-0.3, -0.25) is 0 Å². The van der Waals surface area contributed by atoms with Crippen LogP contribution in [0.4, 0.5) is 4.79 Å². The number of carboxylic acid groups (broad SMARTS) is 1. The molecule has 5 nitrogen and oxygen atoms in total. The molecule has 5 heteroatoms. The Labute approximate surface area is 108 Å². The van der Waals surface area contributed by atoms with Crippen molar-refractivity contribution in [1.29, 1.82) is 0 Å². The van der Waals surface area contributed by atoms with Crippen LogP contribution in [-0.4, -0.2) is 53.1 Å². The normalized spacial score (nSPS) is 28.0. The molecule has 0 radical (unpaired) electrons. The van der Waals surface area contributed by atoms with Crippen LogP contribution in [-0.2, 0) is 4.79 Å². The average Bonchev–Trinajstić information content (AvgIpc) is 3.11. The van der Waals surface area contributed by atoms with Crippen molar-refractivity contribution in [1.82, 2.24) is 9.80 Å². The number of aliphatic carboxylic acids is 1. The highest BCUT2D eigenvalue weighted by Gasteiger charge is 2.37.